The van der Waals surface area contributed by atoms with Gasteiger partial charge in [0.25, 0.3) is 11.6 Å². The molecule has 0 spiro atoms. The Morgan fingerprint density at radius 1 is 1.11 bits per heavy atom. The van der Waals surface area contributed by atoms with Crippen LogP contribution in [0, 0.1) is 10.1 Å². The maximum Gasteiger partial charge on any atom is 0.331 e. The Morgan fingerprint density at radius 3 is 2.36 bits per heavy atom. The molecule has 0 aliphatic heterocycles. The molecule has 146 valence electrons. The van der Waals surface area contributed by atoms with E-state index >= 15 is 0 Å². The summed E-state index contributed by atoms with van der Waals surface area (Å²) in [5.74, 6) is -0.910. The molecule has 2 rings (SSSR count). The maximum absolute atomic E-state index is 12.1. The quantitative estimate of drug-likeness (QED) is 0.326. The van der Waals surface area contributed by atoms with Crippen LogP contribution >= 0.6 is 0 Å². The number of nitrogens with zero attached hydrogens (tertiary/aromatic N) is 1. The van der Waals surface area contributed by atoms with Crippen molar-refractivity contribution in [3.05, 3.63) is 81.9 Å². The molecular formula is C21H22N2O5. The molecule has 0 radical (unpaired) electrons. The number of esters is 1. The van der Waals surface area contributed by atoms with Crippen molar-refractivity contribution in [2.75, 3.05) is 6.54 Å². The van der Waals surface area contributed by atoms with E-state index < -0.39 is 17.0 Å². The number of nitro benzene ring substituents is 1. The number of nitro groups is 1. The minimum Gasteiger partial charge on any atom is -0.449 e. The molecule has 0 heterocycles. The van der Waals surface area contributed by atoms with E-state index in [1.165, 1.54) is 43.3 Å². The van der Waals surface area contributed by atoms with Gasteiger partial charge < -0.3 is 10.1 Å². The van der Waals surface area contributed by atoms with Crippen molar-refractivity contribution in [3.8, 4) is 0 Å². The normalized spacial score (nSPS) is 12.9. The van der Waals surface area contributed by atoms with Crippen LogP contribution in [0.5, 0.6) is 0 Å². The summed E-state index contributed by atoms with van der Waals surface area (Å²) >= 11 is 0. The van der Waals surface area contributed by atoms with Gasteiger partial charge in [-0.2, -0.15) is 0 Å². The second kappa shape index (κ2) is 10.0. The van der Waals surface area contributed by atoms with Crippen LogP contribution in [0.25, 0.3) is 6.08 Å². The lowest BCUT2D eigenvalue weighted by Crippen LogP contribution is -2.37. The van der Waals surface area contributed by atoms with Gasteiger partial charge in [0.2, 0.25) is 0 Å². The van der Waals surface area contributed by atoms with E-state index in [0.717, 1.165) is 5.56 Å². The Hall–Kier alpha value is -3.48. The number of nitrogens with one attached hydrogen (secondary N) is 1. The van der Waals surface area contributed by atoms with Crippen LogP contribution in [0.3, 0.4) is 0 Å². The molecule has 0 saturated carbocycles. The van der Waals surface area contributed by atoms with Crippen LogP contribution in [0.2, 0.25) is 0 Å². The summed E-state index contributed by atoms with van der Waals surface area (Å²) in [6, 6.07) is 15.5. The summed E-state index contributed by atoms with van der Waals surface area (Å²) in [4.78, 5) is 34.1. The van der Waals surface area contributed by atoms with Crippen LogP contribution in [0.15, 0.2) is 60.7 Å². The SMILES string of the molecule is C[C@@H](OC(=O)/C=C/c1ccc([N+](=O)[O-])cc1)C(=O)NC[C@H](C)c1ccccc1. The fourth-order valence-electron chi connectivity index (χ4n) is 2.44. The molecule has 0 saturated heterocycles. The highest BCUT2D eigenvalue weighted by molar-refractivity contribution is 5.90. The lowest BCUT2D eigenvalue weighted by Gasteiger charge is -2.16. The number of hydrogen-bond acceptors (Lipinski definition) is 5. The molecular weight excluding hydrogens is 360 g/mol. The molecule has 0 aliphatic carbocycles. The molecule has 0 unspecified atom stereocenters. The van der Waals surface area contributed by atoms with Crippen LogP contribution < -0.4 is 5.32 Å². The molecule has 0 fully saturated rings. The van der Waals surface area contributed by atoms with Gasteiger partial charge in [-0.15, -0.1) is 0 Å². The van der Waals surface area contributed by atoms with Gasteiger partial charge in [-0.1, -0.05) is 37.3 Å². The average molecular weight is 382 g/mol. The molecule has 7 heteroatoms. The maximum atomic E-state index is 12.1. The molecule has 2 atom stereocenters. The second-order valence-corrected chi connectivity index (χ2v) is 6.32. The fraction of sp³-hybridized carbons (Fsp3) is 0.238. The van der Waals surface area contributed by atoms with Crippen LogP contribution in [0.1, 0.15) is 30.9 Å². The Labute approximate surface area is 163 Å². The zero-order valence-electron chi connectivity index (χ0n) is 15.7. The molecule has 7 nitrogen and oxygen atoms in total. The van der Waals surface area contributed by atoms with Crippen molar-refractivity contribution < 1.29 is 19.2 Å². The lowest BCUT2D eigenvalue weighted by atomic mass is 10.0. The van der Waals surface area contributed by atoms with Crippen molar-refractivity contribution in [3.63, 3.8) is 0 Å². The van der Waals surface area contributed by atoms with Crippen LogP contribution in [-0.2, 0) is 14.3 Å². The predicted octanol–water partition coefficient (Wildman–Crippen LogP) is 3.46. The number of hydrogen-bond donors (Lipinski definition) is 1. The van der Waals surface area contributed by atoms with E-state index in [-0.39, 0.29) is 17.5 Å². The number of benzene rings is 2. The monoisotopic (exact) mass is 382 g/mol. The highest BCUT2D eigenvalue weighted by atomic mass is 16.6. The second-order valence-electron chi connectivity index (χ2n) is 6.32. The number of rotatable bonds is 8. The van der Waals surface area contributed by atoms with Crippen molar-refractivity contribution in [2.24, 2.45) is 0 Å². The first-order valence-corrected chi connectivity index (χ1v) is 8.82. The topological polar surface area (TPSA) is 98.5 Å². The minimum absolute atomic E-state index is 0.0326. The molecule has 1 N–H and O–H groups in total. The Morgan fingerprint density at radius 2 is 1.75 bits per heavy atom. The number of non-ortho nitro benzene ring substituents is 1. The molecule has 0 aromatic heterocycles. The van der Waals surface area contributed by atoms with Crippen molar-refractivity contribution in [1.29, 1.82) is 0 Å². The summed E-state index contributed by atoms with van der Waals surface area (Å²) in [6.45, 7) is 3.93. The summed E-state index contributed by atoms with van der Waals surface area (Å²) < 4.78 is 5.09. The largest absolute Gasteiger partial charge is 0.449 e. The van der Waals surface area contributed by atoms with Crippen molar-refractivity contribution >= 4 is 23.6 Å². The van der Waals surface area contributed by atoms with Gasteiger partial charge in [0, 0.05) is 24.8 Å². The van der Waals surface area contributed by atoms with E-state index in [1.54, 1.807) is 0 Å². The first-order valence-electron chi connectivity index (χ1n) is 8.82. The Balaban J connectivity index is 1.80. The number of carbonyl (C=O) groups is 2. The third kappa shape index (κ3) is 6.35. The van der Waals surface area contributed by atoms with E-state index in [0.29, 0.717) is 12.1 Å². The van der Waals surface area contributed by atoms with Crippen molar-refractivity contribution in [2.45, 2.75) is 25.9 Å². The fourth-order valence-corrected chi connectivity index (χ4v) is 2.44. The smallest absolute Gasteiger partial charge is 0.331 e. The predicted molar refractivity (Wildman–Crippen MR) is 106 cm³/mol. The third-order valence-electron chi connectivity index (χ3n) is 4.13. The molecule has 1 amide bonds. The highest BCUT2D eigenvalue weighted by Crippen LogP contribution is 2.14. The van der Waals surface area contributed by atoms with Gasteiger partial charge in [0.1, 0.15) is 0 Å². The standard InChI is InChI=1S/C21H22N2O5/c1-15(18-6-4-3-5-7-18)14-22-21(25)16(2)28-20(24)13-10-17-8-11-19(12-9-17)23(26)27/h3-13,15-16H,14H2,1-2H3,(H,22,25)/b13-10+/t15-,16+/m0/s1. The Kier molecular flexibility index (Phi) is 7.45. The average Bonchev–Trinajstić information content (AvgIpc) is 2.71. The van der Waals surface area contributed by atoms with E-state index in [4.69, 9.17) is 4.74 Å². The first-order chi connectivity index (χ1) is 13.4. The molecule has 0 bridgehead atoms. The summed E-state index contributed by atoms with van der Waals surface area (Å²) in [5, 5.41) is 13.4. The summed E-state index contributed by atoms with van der Waals surface area (Å²) in [7, 11) is 0. The minimum atomic E-state index is -0.933. The molecule has 28 heavy (non-hydrogen) atoms. The van der Waals surface area contributed by atoms with Gasteiger partial charge in [0.05, 0.1) is 4.92 Å². The molecule has 2 aromatic rings. The van der Waals surface area contributed by atoms with E-state index in [9.17, 15) is 19.7 Å². The van der Waals surface area contributed by atoms with Gasteiger partial charge in [-0.25, -0.2) is 4.79 Å². The van der Waals surface area contributed by atoms with Gasteiger partial charge >= 0.3 is 5.97 Å². The van der Waals surface area contributed by atoms with Gasteiger partial charge in [-0.3, -0.25) is 14.9 Å². The zero-order chi connectivity index (χ0) is 20.5. The number of ether oxygens (including phenoxy) is 1. The molecule has 2 aromatic carbocycles. The van der Waals surface area contributed by atoms with Gasteiger partial charge in [-0.05, 0) is 42.2 Å². The zero-order valence-corrected chi connectivity index (χ0v) is 15.7. The summed E-state index contributed by atoms with van der Waals surface area (Å²) in [6.07, 6.45) is 1.71. The molecule has 0 aliphatic rings. The lowest BCUT2D eigenvalue weighted by molar-refractivity contribution is -0.384. The van der Waals surface area contributed by atoms with Gasteiger partial charge in [0.15, 0.2) is 6.10 Å². The van der Waals surface area contributed by atoms with Crippen molar-refractivity contribution in [1.82, 2.24) is 5.32 Å². The van der Waals surface area contributed by atoms with Crippen LogP contribution in [0.4, 0.5) is 5.69 Å². The van der Waals surface area contributed by atoms with E-state index in [2.05, 4.69) is 5.32 Å². The number of amides is 1. The highest BCUT2D eigenvalue weighted by Gasteiger charge is 2.17. The first kappa shape index (κ1) is 20.8. The third-order valence-corrected chi connectivity index (χ3v) is 4.13. The Bertz CT molecular complexity index is 847. The summed E-state index contributed by atoms with van der Waals surface area (Å²) in [5.41, 5.74) is 1.68. The van der Waals surface area contributed by atoms with E-state index in [1.807, 2.05) is 37.3 Å². The number of carbonyl (C=O) groups excluding carboxylic acids is 2. The van der Waals surface area contributed by atoms with Crippen LogP contribution in [-0.4, -0.2) is 29.4 Å².